The van der Waals surface area contributed by atoms with E-state index in [9.17, 15) is 13.2 Å². The van der Waals surface area contributed by atoms with Gasteiger partial charge in [0.1, 0.15) is 0 Å². The van der Waals surface area contributed by atoms with Crippen LogP contribution in [0.25, 0.3) is 11.3 Å². The van der Waals surface area contributed by atoms with Gasteiger partial charge in [-0.2, -0.15) is 0 Å². The van der Waals surface area contributed by atoms with Crippen molar-refractivity contribution in [1.29, 1.82) is 0 Å². The van der Waals surface area contributed by atoms with Gasteiger partial charge in [-0.1, -0.05) is 11.6 Å². The summed E-state index contributed by atoms with van der Waals surface area (Å²) >= 11 is 7.31. The predicted octanol–water partition coefficient (Wildman–Crippen LogP) is 3.17. The minimum atomic E-state index is -2.92. The van der Waals surface area contributed by atoms with Crippen molar-refractivity contribution in [1.82, 2.24) is 10.3 Å². The molecular formula is C18H21ClN2O4S2. The van der Waals surface area contributed by atoms with E-state index in [1.165, 1.54) is 11.8 Å². The molecule has 1 aromatic carbocycles. The highest BCUT2D eigenvalue weighted by Crippen LogP contribution is 2.25. The van der Waals surface area contributed by atoms with Gasteiger partial charge in [-0.15, -0.1) is 11.8 Å². The average molecular weight is 429 g/mol. The first-order valence-electron chi connectivity index (χ1n) is 8.63. The molecule has 0 saturated carbocycles. The summed E-state index contributed by atoms with van der Waals surface area (Å²) in [5.74, 6) is 1.98. The number of nitrogens with zero attached hydrogens (tertiary/aromatic N) is 1. The number of thioether (sulfide) groups is 1. The fourth-order valence-electron chi connectivity index (χ4n) is 2.82. The molecule has 2 unspecified atom stereocenters. The highest BCUT2D eigenvalue weighted by Gasteiger charge is 2.28. The summed E-state index contributed by atoms with van der Waals surface area (Å²) in [5, 5.41) is 3.22. The molecule has 0 bridgehead atoms. The Morgan fingerprint density at radius 1 is 1.41 bits per heavy atom. The van der Waals surface area contributed by atoms with E-state index < -0.39 is 9.84 Å². The maximum absolute atomic E-state index is 12.2. The van der Waals surface area contributed by atoms with Gasteiger partial charge >= 0.3 is 0 Å². The van der Waals surface area contributed by atoms with Crippen molar-refractivity contribution in [3.63, 3.8) is 0 Å². The third-order valence-electron chi connectivity index (χ3n) is 4.40. The summed E-state index contributed by atoms with van der Waals surface area (Å²) in [6, 6.07) is 7.30. The summed E-state index contributed by atoms with van der Waals surface area (Å²) in [5.41, 5.74) is 0.889. The van der Waals surface area contributed by atoms with E-state index in [4.69, 9.17) is 16.0 Å². The number of hydrogen-bond acceptors (Lipinski definition) is 6. The second kappa shape index (κ2) is 8.67. The SMILES string of the molecule is CC(SCc1ncc(-c2ccc(Cl)cc2)o1)C(=O)NCC1CCS(=O)(=O)C1. The van der Waals surface area contributed by atoms with Gasteiger partial charge in [0.25, 0.3) is 0 Å². The molecule has 1 amide bonds. The van der Waals surface area contributed by atoms with Crippen LogP contribution in [-0.2, 0) is 20.4 Å². The molecule has 27 heavy (non-hydrogen) atoms. The Hall–Kier alpha value is -1.51. The Balaban J connectivity index is 1.45. The van der Waals surface area contributed by atoms with Crippen LogP contribution in [0, 0.1) is 5.92 Å². The lowest BCUT2D eigenvalue weighted by Gasteiger charge is -2.13. The fourth-order valence-corrected chi connectivity index (χ4v) is 5.57. The highest BCUT2D eigenvalue weighted by atomic mass is 35.5. The average Bonchev–Trinajstić information content (AvgIpc) is 3.24. The zero-order valence-electron chi connectivity index (χ0n) is 14.9. The molecule has 1 aliphatic heterocycles. The number of amides is 1. The zero-order chi connectivity index (χ0) is 19.4. The number of carbonyl (C=O) groups excluding carboxylic acids is 1. The number of benzene rings is 1. The van der Waals surface area contributed by atoms with Gasteiger partial charge < -0.3 is 9.73 Å². The van der Waals surface area contributed by atoms with Crippen LogP contribution in [0.15, 0.2) is 34.9 Å². The van der Waals surface area contributed by atoms with E-state index >= 15 is 0 Å². The first kappa shape index (κ1) is 20.2. The van der Waals surface area contributed by atoms with Crippen LogP contribution in [0.3, 0.4) is 0 Å². The second-order valence-electron chi connectivity index (χ2n) is 6.59. The van der Waals surface area contributed by atoms with Gasteiger partial charge in [0, 0.05) is 17.1 Å². The maximum atomic E-state index is 12.2. The number of oxazole rings is 1. The molecule has 0 radical (unpaired) electrons. The molecule has 1 fully saturated rings. The summed E-state index contributed by atoms with van der Waals surface area (Å²) in [4.78, 5) is 16.4. The van der Waals surface area contributed by atoms with E-state index in [-0.39, 0.29) is 28.6 Å². The van der Waals surface area contributed by atoms with Crippen LogP contribution in [0.5, 0.6) is 0 Å². The molecular weight excluding hydrogens is 408 g/mol. The van der Waals surface area contributed by atoms with Crippen molar-refractivity contribution in [2.24, 2.45) is 5.92 Å². The summed E-state index contributed by atoms with van der Waals surface area (Å²) in [7, 11) is -2.92. The number of nitrogens with one attached hydrogen (secondary N) is 1. The molecule has 2 aromatic rings. The number of rotatable bonds is 7. The van der Waals surface area contributed by atoms with Crippen LogP contribution in [0.1, 0.15) is 19.2 Å². The highest BCUT2D eigenvalue weighted by molar-refractivity contribution is 7.99. The topological polar surface area (TPSA) is 89.3 Å². The quantitative estimate of drug-likeness (QED) is 0.728. The van der Waals surface area contributed by atoms with Crippen LogP contribution in [0.2, 0.25) is 5.02 Å². The Labute approximate surface area is 168 Å². The molecule has 2 heterocycles. The monoisotopic (exact) mass is 428 g/mol. The standard InChI is InChI=1S/C18H21ClN2O4S2/c1-12(18(22)21-8-13-6-7-27(23,24)11-13)26-10-17-20-9-16(25-17)14-2-4-15(19)5-3-14/h2-5,9,12-13H,6-8,10-11H2,1H3,(H,21,22). The van der Waals surface area contributed by atoms with Gasteiger partial charge in [0.2, 0.25) is 11.8 Å². The normalized spacial score (nSPS) is 19.7. The lowest BCUT2D eigenvalue weighted by molar-refractivity contribution is -0.120. The van der Waals surface area contributed by atoms with Gasteiger partial charge in [0.05, 0.1) is 28.7 Å². The Bertz CT molecular complexity index is 896. The summed E-state index contributed by atoms with van der Waals surface area (Å²) in [6.07, 6.45) is 2.28. The molecule has 9 heteroatoms. The van der Waals surface area contributed by atoms with E-state index in [1.54, 1.807) is 18.3 Å². The third kappa shape index (κ3) is 5.73. The van der Waals surface area contributed by atoms with Gasteiger partial charge in [-0.25, -0.2) is 13.4 Å². The Morgan fingerprint density at radius 2 is 2.15 bits per heavy atom. The molecule has 0 spiro atoms. The molecule has 1 aliphatic rings. The van der Waals surface area contributed by atoms with Crippen LogP contribution in [-0.4, -0.2) is 42.6 Å². The fraction of sp³-hybridized carbons (Fsp3) is 0.444. The summed E-state index contributed by atoms with van der Waals surface area (Å²) < 4.78 is 28.6. The minimum Gasteiger partial charge on any atom is -0.440 e. The minimum absolute atomic E-state index is 0.0184. The largest absolute Gasteiger partial charge is 0.440 e. The van der Waals surface area contributed by atoms with E-state index in [1.807, 2.05) is 19.1 Å². The number of sulfone groups is 1. The van der Waals surface area contributed by atoms with Crippen molar-refractivity contribution in [3.8, 4) is 11.3 Å². The number of hydrogen-bond donors (Lipinski definition) is 1. The van der Waals surface area contributed by atoms with Crippen LogP contribution in [0.4, 0.5) is 0 Å². The van der Waals surface area contributed by atoms with Gasteiger partial charge in [-0.05, 0) is 43.5 Å². The first-order valence-corrected chi connectivity index (χ1v) is 11.9. The zero-order valence-corrected chi connectivity index (χ0v) is 17.2. The first-order chi connectivity index (χ1) is 12.8. The third-order valence-corrected chi connectivity index (χ3v) is 7.62. The van der Waals surface area contributed by atoms with Crippen molar-refractivity contribution in [2.45, 2.75) is 24.3 Å². The van der Waals surface area contributed by atoms with Crippen molar-refractivity contribution < 1.29 is 17.6 Å². The van der Waals surface area contributed by atoms with Crippen molar-refractivity contribution in [2.75, 3.05) is 18.1 Å². The van der Waals surface area contributed by atoms with Gasteiger partial charge in [0.15, 0.2) is 15.6 Å². The van der Waals surface area contributed by atoms with Crippen molar-refractivity contribution in [3.05, 3.63) is 41.4 Å². The molecule has 2 atom stereocenters. The van der Waals surface area contributed by atoms with Gasteiger partial charge in [-0.3, -0.25) is 4.79 Å². The summed E-state index contributed by atoms with van der Waals surface area (Å²) in [6.45, 7) is 2.22. The molecule has 1 N–H and O–H groups in total. The smallest absolute Gasteiger partial charge is 0.232 e. The number of aromatic nitrogens is 1. The van der Waals surface area contributed by atoms with E-state index in [0.717, 1.165) is 5.56 Å². The van der Waals surface area contributed by atoms with E-state index in [0.29, 0.717) is 35.4 Å². The number of carbonyl (C=O) groups is 1. The molecule has 146 valence electrons. The molecule has 0 aliphatic carbocycles. The van der Waals surface area contributed by atoms with Crippen molar-refractivity contribution >= 4 is 39.1 Å². The van der Waals surface area contributed by atoms with Crippen LogP contribution >= 0.6 is 23.4 Å². The van der Waals surface area contributed by atoms with Crippen LogP contribution < -0.4 is 5.32 Å². The maximum Gasteiger partial charge on any atom is 0.232 e. The molecule has 3 rings (SSSR count). The lowest BCUT2D eigenvalue weighted by Crippen LogP contribution is -2.35. The number of halogens is 1. The Kier molecular flexibility index (Phi) is 6.49. The lowest BCUT2D eigenvalue weighted by atomic mass is 10.1. The predicted molar refractivity (Wildman–Crippen MR) is 107 cm³/mol. The van der Waals surface area contributed by atoms with E-state index in [2.05, 4.69) is 10.3 Å². The molecule has 1 saturated heterocycles. The Morgan fingerprint density at radius 3 is 2.81 bits per heavy atom. The molecule has 1 aromatic heterocycles. The molecule has 6 nitrogen and oxygen atoms in total. The second-order valence-corrected chi connectivity index (χ2v) is 10.6.